The van der Waals surface area contributed by atoms with Crippen molar-refractivity contribution in [3.63, 3.8) is 0 Å². The van der Waals surface area contributed by atoms with E-state index in [0.29, 0.717) is 21.7 Å². The maximum Gasteiger partial charge on any atom is 0.270 e. The fraction of sp³-hybridized carbons (Fsp3) is 0.233. The Balaban J connectivity index is 1.76. The molecular weight excluding hydrogens is 470 g/mol. The molecule has 0 radical (unpaired) electrons. The number of nitriles is 1. The number of fused-ring (bicyclic) bond motifs is 1. The van der Waals surface area contributed by atoms with Crippen LogP contribution < -0.4 is 10.9 Å². The molecule has 180 valence electrons. The van der Waals surface area contributed by atoms with Crippen LogP contribution >= 0.6 is 11.6 Å². The Labute approximate surface area is 215 Å². The molecule has 0 aliphatic heterocycles. The zero-order chi connectivity index (χ0) is 25.1. The molecule has 1 N–H and O–H groups in total. The quantitative estimate of drug-likeness (QED) is 0.356. The summed E-state index contributed by atoms with van der Waals surface area (Å²) in [5.74, 6) is -0.257. The van der Waals surface area contributed by atoms with Gasteiger partial charge in [0.1, 0.15) is 17.7 Å². The highest BCUT2D eigenvalue weighted by molar-refractivity contribution is 6.30. The van der Waals surface area contributed by atoms with E-state index in [0.717, 1.165) is 36.6 Å². The average molecular weight is 496 g/mol. The normalized spacial score (nSPS) is 14.8. The van der Waals surface area contributed by atoms with Gasteiger partial charge in [-0.25, -0.2) is 0 Å². The Bertz CT molecular complexity index is 1500. The first kappa shape index (κ1) is 23.8. The number of aromatic nitrogens is 1. The van der Waals surface area contributed by atoms with Crippen LogP contribution in [0, 0.1) is 11.3 Å². The van der Waals surface area contributed by atoms with Crippen molar-refractivity contribution >= 4 is 28.4 Å². The van der Waals surface area contributed by atoms with Crippen molar-refractivity contribution in [1.82, 2.24) is 9.88 Å². The topological polar surface area (TPSA) is 74.9 Å². The van der Waals surface area contributed by atoms with Gasteiger partial charge >= 0.3 is 0 Å². The number of carbonyl (C=O) groups is 1. The van der Waals surface area contributed by atoms with Gasteiger partial charge in [0.25, 0.3) is 5.56 Å². The van der Waals surface area contributed by atoms with Gasteiger partial charge in [0.2, 0.25) is 5.91 Å². The van der Waals surface area contributed by atoms with E-state index in [1.165, 1.54) is 11.0 Å². The van der Waals surface area contributed by atoms with Gasteiger partial charge in [0, 0.05) is 22.0 Å². The van der Waals surface area contributed by atoms with E-state index in [2.05, 4.69) is 11.4 Å². The molecule has 1 aliphatic carbocycles. The molecule has 5 nitrogen and oxygen atoms in total. The lowest BCUT2D eigenvalue weighted by atomic mass is 9.94. The standard InChI is InChI=1S/C30H26ClN3O2/c31-22-17-15-21(16-18-22)28(29(35)33-23-11-5-2-6-12-23)34-26-14-8-7-13-24(26)27(25(19-32)30(34)36)20-9-3-1-4-10-20/h1,3-4,7-10,13-18,23,28H,2,5-6,11-12H2,(H,33,35). The molecule has 1 heterocycles. The van der Waals surface area contributed by atoms with Crippen LogP contribution in [0.2, 0.25) is 5.02 Å². The maximum absolute atomic E-state index is 14.0. The molecule has 4 aromatic rings. The highest BCUT2D eigenvalue weighted by Crippen LogP contribution is 2.33. The van der Waals surface area contributed by atoms with E-state index in [9.17, 15) is 14.9 Å². The molecule has 0 saturated heterocycles. The number of nitrogens with one attached hydrogen (secondary N) is 1. The lowest BCUT2D eigenvalue weighted by Crippen LogP contribution is -2.43. The van der Waals surface area contributed by atoms with Gasteiger partial charge in [-0.15, -0.1) is 0 Å². The summed E-state index contributed by atoms with van der Waals surface area (Å²) in [5.41, 5.74) is 2.12. The number of para-hydroxylation sites is 1. The summed E-state index contributed by atoms with van der Waals surface area (Å²) in [6.45, 7) is 0. The number of nitrogens with zero attached hydrogens (tertiary/aromatic N) is 2. The van der Waals surface area contributed by atoms with Crippen molar-refractivity contribution in [2.75, 3.05) is 0 Å². The minimum atomic E-state index is -0.946. The summed E-state index contributed by atoms with van der Waals surface area (Å²) in [6, 6.07) is 25.1. The minimum Gasteiger partial charge on any atom is -0.351 e. The van der Waals surface area contributed by atoms with Crippen molar-refractivity contribution in [1.29, 1.82) is 5.26 Å². The van der Waals surface area contributed by atoms with Crippen molar-refractivity contribution in [3.8, 4) is 17.2 Å². The van der Waals surface area contributed by atoms with E-state index in [1.54, 1.807) is 24.3 Å². The Kier molecular flexibility index (Phi) is 6.88. The monoisotopic (exact) mass is 495 g/mol. The number of carbonyl (C=O) groups excluding carboxylic acids is 1. The molecule has 0 spiro atoms. The molecule has 1 unspecified atom stereocenters. The van der Waals surface area contributed by atoms with Crippen LogP contribution in [-0.2, 0) is 4.79 Å². The summed E-state index contributed by atoms with van der Waals surface area (Å²) < 4.78 is 1.47. The lowest BCUT2D eigenvalue weighted by molar-refractivity contribution is -0.124. The lowest BCUT2D eigenvalue weighted by Gasteiger charge is -2.28. The summed E-state index contributed by atoms with van der Waals surface area (Å²) >= 11 is 6.15. The van der Waals surface area contributed by atoms with Crippen molar-refractivity contribution in [3.05, 3.63) is 105 Å². The summed E-state index contributed by atoms with van der Waals surface area (Å²) in [4.78, 5) is 27.9. The number of hydrogen-bond acceptors (Lipinski definition) is 3. The summed E-state index contributed by atoms with van der Waals surface area (Å²) in [6.07, 6.45) is 5.16. The molecule has 36 heavy (non-hydrogen) atoms. The molecule has 1 fully saturated rings. The number of rotatable bonds is 5. The third kappa shape index (κ3) is 4.53. The van der Waals surface area contributed by atoms with Crippen LogP contribution in [0.25, 0.3) is 22.0 Å². The van der Waals surface area contributed by atoms with Gasteiger partial charge in [0.15, 0.2) is 0 Å². The summed E-state index contributed by atoms with van der Waals surface area (Å²) in [7, 11) is 0. The molecular formula is C30H26ClN3O2. The highest BCUT2D eigenvalue weighted by atomic mass is 35.5. The first-order valence-corrected chi connectivity index (χ1v) is 12.6. The number of benzene rings is 3. The van der Waals surface area contributed by atoms with Crippen LogP contribution in [0.4, 0.5) is 0 Å². The van der Waals surface area contributed by atoms with E-state index >= 15 is 0 Å². The molecule has 5 rings (SSSR count). The van der Waals surface area contributed by atoms with Crippen molar-refractivity contribution < 1.29 is 4.79 Å². The fourth-order valence-electron chi connectivity index (χ4n) is 5.22. The smallest absolute Gasteiger partial charge is 0.270 e. The van der Waals surface area contributed by atoms with Gasteiger partial charge < -0.3 is 5.32 Å². The first-order valence-electron chi connectivity index (χ1n) is 12.3. The molecule has 3 aromatic carbocycles. The zero-order valence-electron chi connectivity index (χ0n) is 19.8. The molecule has 0 bridgehead atoms. The van der Waals surface area contributed by atoms with Crippen LogP contribution in [0.15, 0.2) is 83.7 Å². The molecule has 1 saturated carbocycles. The van der Waals surface area contributed by atoms with Gasteiger partial charge in [-0.05, 0) is 42.2 Å². The molecule has 6 heteroatoms. The van der Waals surface area contributed by atoms with Crippen LogP contribution in [0.3, 0.4) is 0 Å². The second-order valence-electron chi connectivity index (χ2n) is 9.22. The van der Waals surface area contributed by atoms with Gasteiger partial charge in [-0.3, -0.25) is 14.2 Å². The maximum atomic E-state index is 14.0. The SMILES string of the molecule is N#Cc1c(-c2ccccc2)c2ccccc2n(C(C(=O)NC2CCCCC2)c2ccc(Cl)cc2)c1=O. The van der Waals surface area contributed by atoms with Crippen LogP contribution in [0.1, 0.15) is 49.3 Å². The van der Waals surface area contributed by atoms with Crippen molar-refractivity contribution in [2.24, 2.45) is 0 Å². The number of hydrogen-bond donors (Lipinski definition) is 1. The Morgan fingerprint density at radius 2 is 1.61 bits per heavy atom. The Morgan fingerprint density at radius 1 is 0.944 bits per heavy atom. The Hall–Kier alpha value is -3.88. The third-order valence-electron chi connectivity index (χ3n) is 6.93. The molecule has 1 aliphatic rings. The fourth-order valence-corrected chi connectivity index (χ4v) is 5.35. The minimum absolute atomic E-state index is 0.0179. The van der Waals surface area contributed by atoms with E-state index in [4.69, 9.17) is 11.6 Å². The van der Waals surface area contributed by atoms with Crippen molar-refractivity contribution in [2.45, 2.75) is 44.2 Å². The number of pyridine rings is 1. The first-order chi connectivity index (χ1) is 17.6. The molecule has 1 atom stereocenters. The van der Waals surface area contributed by atoms with Crippen LogP contribution in [0.5, 0.6) is 0 Å². The van der Waals surface area contributed by atoms with Gasteiger partial charge in [0.05, 0.1) is 5.52 Å². The van der Waals surface area contributed by atoms with E-state index < -0.39 is 11.6 Å². The van der Waals surface area contributed by atoms with E-state index in [-0.39, 0.29) is 17.5 Å². The third-order valence-corrected chi connectivity index (χ3v) is 7.19. The predicted octanol–water partition coefficient (Wildman–Crippen LogP) is 6.23. The number of halogens is 1. The largest absolute Gasteiger partial charge is 0.351 e. The number of amides is 1. The molecule has 1 amide bonds. The second kappa shape index (κ2) is 10.4. The van der Waals surface area contributed by atoms with Gasteiger partial charge in [-0.1, -0.05) is 91.5 Å². The molecule has 1 aromatic heterocycles. The highest BCUT2D eigenvalue weighted by Gasteiger charge is 2.30. The van der Waals surface area contributed by atoms with Crippen LogP contribution in [-0.4, -0.2) is 16.5 Å². The van der Waals surface area contributed by atoms with Gasteiger partial charge in [-0.2, -0.15) is 5.26 Å². The predicted molar refractivity (Wildman–Crippen MR) is 143 cm³/mol. The Morgan fingerprint density at radius 3 is 2.31 bits per heavy atom. The second-order valence-corrected chi connectivity index (χ2v) is 9.65. The average Bonchev–Trinajstić information content (AvgIpc) is 2.91. The van der Waals surface area contributed by atoms with E-state index in [1.807, 2.05) is 54.6 Å². The zero-order valence-corrected chi connectivity index (χ0v) is 20.5. The summed E-state index contributed by atoms with van der Waals surface area (Å²) in [5, 5.41) is 14.6.